The third-order valence-corrected chi connectivity index (χ3v) is 4.06. The van der Waals surface area contributed by atoms with E-state index in [4.69, 9.17) is 0 Å². The van der Waals surface area contributed by atoms with Gasteiger partial charge >= 0.3 is 6.18 Å². The van der Waals surface area contributed by atoms with Gasteiger partial charge in [0.25, 0.3) is 5.91 Å². The van der Waals surface area contributed by atoms with Crippen molar-refractivity contribution in [2.75, 3.05) is 0 Å². The molecule has 0 atom stereocenters. The van der Waals surface area contributed by atoms with Crippen LogP contribution in [0, 0.1) is 6.92 Å². The molecule has 0 spiro atoms. The van der Waals surface area contributed by atoms with Crippen LogP contribution in [0.1, 0.15) is 27.2 Å². The molecule has 0 aliphatic rings. The molecule has 8 heteroatoms. The van der Waals surface area contributed by atoms with Crippen LogP contribution in [0.2, 0.25) is 0 Å². The SMILES string of the molecule is Cc1c(C(=O)NCc2ccc(O)cc2)cnn1-c1cccc(C(F)(F)F)c1. The Morgan fingerprint density at radius 2 is 1.89 bits per heavy atom. The summed E-state index contributed by atoms with van der Waals surface area (Å²) in [5.74, 6) is -0.262. The second-order valence-corrected chi connectivity index (χ2v) is 5.95. The van der Waals surface area contributed by atoms with Gasteiger partial charge in [-0.3, -0.25) is 4.79 Å². The Kier molecular flexibility index (Phi) is 4.89. The smallest absolute Gasteiger partial charge is 0.416 e. The Bertz CT molecular complexity index is 963. The third-order valence-electron chi connectivity index (χ3n) is 4.06. The maximum absolute atomic E-state index is 12.9. The van der Waals surface area contributed by atoms with E-state index in [1.54, 1.807) is 19.1 Å². The molecule has 0 saturated carbocycles. The summed E-state index contributed by atoms with van der Waals surface area (Å²) >= 11 is 0. The number of hydrogen-bond donors (Lipinski definition) is 2. The van der Waals surface area contributed by atoms with Gasteiger partial charge in [0.1, 0.15) is 5.75 Å². The van der Waals surface area contributed by atoms with Crippen LogP contribution in [0.5, 0.6) is 5.75 Å². The summed E-state index contributed by atoms with van der Waals surface area (Å²) in [5.41, 5.74) is 0.931. The van der Waals surface area contributed by atoms with E-state index in [2.05, 4.69) is 10.4 Å². The first-order valence-electron chi connectivity index (χ1n) is 8.04. The molecule has 0 bridgehead atoms. The van der Waals surface area contributed by atoms with E-state index < -0.39 is 11.7 Å². The number of carbonyl (C=O) groups excluding carboxylic acids is 1. The van der Waals surface area contributed by atoms with Crippen LogP contribution >= 0.6 is 0 Å². The van der Waals surface area contributed by atoms with E-state index >= 15 is 0 Å². The lowest BCUT2D eigenvalue weighted by Crippen LogP contribution is -2.23. The van der Waals surface area contributed by atoms with Gasteiger partial charge in [-0.1, -0.05) is 18.2 Å². The van der Waals surface area contributed by atoms with Crippen molar-refractivity contribution >= 4 is 5.91 Å². The summed E-state index contributed by atoms with van der Waals surface area (Å²) in [6.45, 7) is 1.86. The van der Waals surface area contributed by atoms with Crippen LogP contribution in [0.4, 0.5) is 13.2 Å². The predicted octanol–water partition coefficient (Wildman–Crippen LogP) is 3.84. The Hall–Kier alpha value is -3.29. The molecule has 2 aromatic carbocycles. The highest BCUT2D eigenvalue weighted by atomic mass is 19.4. The molecular weight excluding hydrogens is 359 g/mol. The van der Waals surface area contributed by atoms with Gasteiger partial charge in [-0.2, -0.15) is 18.3 Å². The molecule has 1 heterocycles. The average Bonchev–Trinajstić information content (AvgIpc) is 3.02. The quantitative estimate of drug-likeness (QED) is 0.728. The van der Waals surface area contributed by atoms with Crippen molar-refractivity contribution < 1.29 is 23.1 Å². The van der Waals surface area contributed by atoms with Crippen molar-refractivity contribution in [1.29, 1.82) is 0 Å². The van der Waals surface area contributed by atoms with Crippen LogP contribution in [-0.2, 0) is 12.7 Å². The van der Waals surface area contributed by atoms with Gasteiger partial charge in [-0.25, -0.2) is 4.68 Å². The highest BCUT2D eigenvalue weighted by Gasteiger charge is 2.30. The summed E-state index contributed by atoms with van der Waals surface area (Å²) in [7, 11) is 0. The zero-order chi connectivity index (χ0) is 19.6. The molecule has 5 nitrogen and oxygen atoms in total. The largest absolute Gasteiger partial charge is 0.508 e. The number of carbonyl (C=O) groups is 1. The topological polar surface area (TPSA) is 67.2 Å². The number of phenolic OH excluding ortho intramolecular Hbond substituents is 1. The molecule has 0 aliphatic heterocycles. The van der Waals surface area contributed by atoms with Crippen molar-refractivity contribution in [3.63, 3.8) is 0 Å². The monoisotopic (exact) mass is 375 g/mol. The zero-order valence-corrected chi connectivity index (χ0v) is 14.3. The summed E-state index contributed by atoms with van der Waals surface area (Å²) in [5, 5.41) is 16.0. The standard InChI is InChI=1S/C19H16F3N3O2/c1-12-17(18(27)23-10-13-5-7-16(26)8-6-13)11-24-25(12)15-4-2-3-14(9-15)19(20,21)22/h2-9,11,26H,10H2,1H3,(H,23,27). The number of alkyl halides is 3. The number of aromatic nitrogens is 2. The van der Waals surface area contributed by atoms with Gasteiger partial charge in [0.2, 0.25) is 0 Å². The van der Waals surface area contributed by atoms with Crippen molar-refractivity contribution in [2.24, 2.45) is 0 Å². The molecule has 140 valence electrons. The van der Waals surface area contributed by atoms with Crippen LogP contribution in [0.15, 0.2) is 54.7 Å². The number of hydrogen-bond acceptors (Lipinski definition) is 3. The van der Waals surface area contributed by atoms with E-state index in [0.29, 0.717) is 5.69 Å². The molecule has 3 rings (SSSR count). The molecule has 0 unspecified atom stereocenters. The molecule has 0 fully saturated rings. The van der Waals surface area contributed by atoms with E-state index in [1.165, 1.54) is 35.1 Å². The lowest BCUT2D eigenvalue weighted by molar-refractivity contribution is -0.137. The molecule has 27 heavy (non-hydrogen) atoms. The first-order chi connectivity index (χ1) is 12.8. The van der Waals surface area contributed by atoms with Gasteiger partial charge in [0, 0.05) is 6.54 Å². The number of halogens is 3. The summed E-state index contributed by atoms with van der Waals surface area (Å²) in [4.78, 5) is 12.4. The Morgan fingerprint density at radius 1 is 1.19 bits per heavy atom. The second kappa shape index (κ2) is 7.14. The van der Waals surface area contributed by atoms with Crippen LogP contribution in [0.3, 0.4) is 0 Å². The molecule has 1 aromatic heterocycles. The minimum absolute atomic E-state index is 0.128. The van der Waals surface area contributed by atoms with Gasteiger partial charge in [-0.05, 0) is 42.8 Å². The molecule has 0 radical (unpaired) electrons. The van der Waals surface area contributed by atoms with Gasteiger partial charge in [0.15, 0.2) is 0 Å². The fourth-order valence-electron chi connectivity index (χ4n) is 2.60. The van der Waals surface area contributed by atoms with E-state index in [1.807, 2.05) is 0 Å². The highest BCUT2D eigenvalue weighted by molar-refractivity contribution is 5.95. The van der Waals surface area contributed by atoms with E-state index in [-0.39, 0.29) is 29.5 Å². The minimum Gasteiger partial charge on any atom is -0.508 e. The van der Waals surface area contributed by atoms with E-state index in [0.717, 1.165) is 17.7 Å². The van der Waals surface area contributed by atoms with E-state index in [9.17, 15) is 23.1 Å². The van der Waals surface area contributed by atoms with Crippen molar-refractivity contribution in [2.45, 2.75) is 19.6 Å². The Labute approximate surface area is 153 Å². The third kappa shape index (κ3) is 4.11. The minimum atomic E-state index is -4.46. The normalized spacial score (nSPS) is 11.4. The summed E-state index contributed by atoms with van der Waals surface area (Å²) < 4.78 is 40.0. The maximum Gasteiger partial charge on any atom is 0.416 e. The Balaban J connectivity index is 1.78. The molecule has 3 aromatic rings. The molecule has 1 amide bonds. The first kappa shape index (κ1) is 18.5. The number of benzene rings is 2. The van der Waals surface area contributed by atoms with Crippen LogP contribution in [-0.4, -0.2) is 20.8 Å². The first-order valence-corrected chi connectivity index (χ1v) is 8.04. The lowest BCUT2D eigenvalue weighted by Gasteiger charge is -2.10. The van der Waals surface area contributed by atoms with Gasteiger partial charge < -0.3 is 10.4 Å². The average molecular weight is 375 g/mol. The summed E-state index contributed by atoms with van der Waals surface area (Å²) in [6, 6.07) is 11.1. The maximum atomic E-state index is 12.9. The summed E-state index contributed by atoms with van der Waals surface area (Å²) in [6.07, 6.45) is -3.14. The van der Waals surface area contributed by atoms with Crippen molar-refractivity contribution in [3.05, 3.63) is 77.1 Å². The van der Waals surface area contributed by atoms with Gasteiger partial charge in [-0.15, -0.1) is 0 Å². The molecular formula is C19H16F3N3O2. The number of nitrogens with zero attached hydrogens (tertiary/aromatic N) is 2. The lowest BCUT2D eigenvalue weighted by atomic mass is 10.2. The number of amides is 1. The van der Waals surface area contributed by atoms with Crippen molar-refractivity contribution in [3.8, 4) is 11.4 Å². The number of phenols is 1. The number of rotatable bonds is 4. The van der Waals surface area contributed by atoms with Crippen molar-refractivity contribution in [1.82, 2.24) is 15.1 Å². The number of nitrogens with one attached hydrogen (secondary N) is 1. The van der Waals surface area contributed by atoms with Gasteiger partial charge in [0.05, 0.1) is 28.7 Å². The zero-order valence-electron chi connectivity index (χ0n) is 14.3. The predicted molar refractivity (Wildman–Crippen MR) is 92.6 cm³/mol. The fraction of sp³-hybridized carbons (Fsp3) is 0.158. The second-order valence-electron chi connectivity index (χ2n) is 5.95. The van der Waals surface area contributed by atoms with Crippen LogP contribution < -0.4 is 5.32 Å². The molecule has 0 saturated heterocycles. The molecule has 2 N–H and O–H groups in total. The van der Waals surface area contributed by atoms with Crippen LogP contribution in [0.25, 0.3) is 5.69 Å². The highest BCUT2D eigenvalue weighted by Crippen LogP contribution is 2.30. The fourth-order valence-corrected chi connectivity index (χ4v) is 2.60. The molecule has 0 aliphatic carbocycles. The number of aromatic hydroxyl groups is 1. The Morgan fingerprint density at radius 3 is 2.56 bits per heavy atom.